The lowest BCUT2D eigenvalue weighted by molar-refractivity contribution is -0.120. The average Bonchev–Trinajstić information content (AvgIpc) is 3.11. The lowest BCUT2D eigenvalue weighted by Gasteiger charge is -2.21. The third kappa shape index (κ3) is 2.73. The zero-order valence-corrected chi connectivity index (χ0v) is 12.5. The van der Waals surface area contributed by atoms with Crippen LogP contribution in [0.5, 0.6) is 0 Å². The number of carbonyl (C=O) groups is 1. The summed E-state index contributed by atoms with van der Waals surface area (Å²) in [5.74, 6) is 1.13. The van der Waals surface area contributed by atoms with Gasteiger partial charge < -0.3 is 14.8 Å². The predicted octanol–water partition coefficient (Wildman–Crippen LogP) is 3.34. The van der Waals surface area contributed by atoms with Gasteiger partial charge >= 0.3 is 0 Å². The van der Waals surface area contributed by atoms with Crippen LogP contribution >= 0.6 is 0 Å². The van der Waals surface area contributed by atoms with E-state index in [-0.39, 0.29) is 12.3 Å². The van der Waals surface area contributed by atoms with Gasteiger partial charge in [-0.3, -0.25) is 4.79 Å². The molecule has 4 rings (SSSR count). The molecular weight excluding hydrogens is 280 g/mol. The number of rotatable bonds is 4. The van der Waals surface area contributed by atoms with E-state index in [4.69, 9.17) is 4.42 Å². The fraction of sp³-hybridized carbons (Fsp3) is 0.529. The first-order chi connectivity index (χ1) is 10.6. The van der Waals surface area contributed by atoms with Crippen molar-refractivity contribution in [2.45, 2.75) is 56.5 Å². The van der Waals surface area contributed by atoms with Crippen molar-refractivity contribution in [1.29, 1.82) is 0 Å². The highest BCUT2D eigenvalue weighted by molar-refractivity contribution is 5.93. The largest absolute Gasteiger partial charge is 0.440 e. The lowest BCUT2D eigenvalue weighted by atomic mass is 9.97. The Hall–Kier alpha value is -1.88. The molecule has 1 heterocycles. The number of aliphatic hydroxyl groups is 1. The number of fused-ring (bicyclic) bond motifs is 1. The minimum Gasteiger partial charge on any atom is -0.440 e. The summed E-state index contributed by atoms with van der Waals surface area (Å²) in [6.45, 7) is 0. The number of anilines is 1. The number of nitrogens with zero attached hydrogens (tertiary/aromatic N) is 1. The highest BCUT2D eigenvalue weighted by atomic mass is 16.3. The second kappa shape index (κ2) is 5.09. The Labute approximate surface area is 128 Å². The van der Waals surface area contributed by atoms with Gasteiger partial charge in [-0.15, -0.1) is 0 Å². The van der Waals surface area contributed by atoms with E-state index in [1.54, 1.807) is 0 Å². The molecule has 2 aliphatic carbocycles. The fourth-order valence-corrected chi connectivity index (χ4v) is 3.24. The molecule has 0 spiro atoms. The molecule has 116 valence electrons. The van der Waals surface area contributed by atoms with Crippen LogP contribution in [-0.2, 0) is 4.79 Å². The smallest absolute Gasteiger partial charge is 0.227 e. The van der Waals surface area contributed by atoms with E-state index < -0.39 is 5.60 Å². The maximum absolute atomic E-state index is 12.1. The molecule has 2 aliphatic rings. The number of oxazole rings is 1. The topological polar surface area (TPSA) is 75.4 Å². The van der Waals surface area contributed by atoms with Crippen LogP contribution in [0.2, 0.25) is 0 Å². The summed E-state index contributed by atoms with van der Waals surface area (Å²) in [5, 5.41) is 13.1. The van der Waals surface area contributed by atoms with E-state index in [1.165, 1.54) is 0 Å². The molecule has 0 atom stereocenters. The van der Waals surface area contributed by atoms with E-state index in [1.807, 2.05) is 18.2 Å². The number of nitrogens with one attached hydrogen (secondary N) is 1. The van der Waals surface area contributed by atoms with Crippen molar-refractivity contribution in [2.24, 2.45) is 0 Å². The molecule has 1 aromatic carbocycles. The Bertz CT molecular complexity index is 712. The van der Waals surface area contributed by atoms with Crippen molar-refractivity contribution in [3.05, 3.63) is 24.1 Å². The number of hydrogen-bond donors (Lipinski definition) is 2. The monoisotopic (exact) mass is 300 g/mol. The number of hydrogen-bond acceptors (Lipinski definition) is 4. The molecule has 2 N–H and O–H groups in total. The third-order valence-corrected chi connectivity index (χ3v) is 4.64. The molecule has 0 unspecified atom stereocenters. The molecule has 22 heavy (non-hydrogen) atoms. The summed E-state index contributed by atoms with van der Waals surface area (Å²) in [5.41, 5.74) is 1.41. The Morgan fingerprint density at radius 1 is 1.36 bits per heavy atom. The van der Waals surface area contributed by atoms with Gasteiger partial charge in [-0.1, -0.05) is 12.8 Å². The van der Waals surface area contributed by atoms with Gasteiger partial charge in [0.15, 0.2) is 11.5 Å². The first-order valence-electron chi connectivity index (χ1n) is 8.04. The summed E-state index contributed by atoms with van der Waals surface area (Å²) in [7, 11) is 0. The van der Waals surface area contributed by atoms with Gasteiger partial charge in [0, 0.05) is 17.7 Å². The summed E-state index contributed by atoms with van der Waals surface area (Å²) in [6, 6.07) is 5.51. The van der Waals surface area contributed by atoms with E-state index in [2.05, 4.69) is 10.3 Å². The zero-order valence-electron chi connectivity index (χ0n) is 12.5. The lowest BCUT2D eigenvalue weighted by Crippen LogP contribution is -2.30. The highest BCUT2D eigenvalue weighted by Gasteiger charge is 2.33. The van der Waals surface area contributed by atoms with Gasteiger partial charge in [0.05, 0.1) is 12.0 Å². The molecule has 1 aromatic heterocycles. The van der Waals surface area contributed by atoms with Crippen molar-refractivity contribution in [1.82, 2.24) is 4.98 Å². The van der Waals surface area contributed by atoms with Crippen LogP contribution in [0, 0.1) is 0 Å². The fourth-order valence-electron chi connectivity index (χ4n) is 3.24. The molecule has 2 aromatic rings. The second-order valence-electron chi connectivity index (χ2n) is 6.67. The number of benzene rings is 1. The van der Waals surface area contributed by atoms with Crippen LogP contribution < -0.4 is 5.32 Å². The van der Waals surface area contributed by atoms with Gasteiger partial charge in [0.1, 0.15) is 5.52 Å². The Morgan fingerprint density at radius 3 is 2.86 bits per heavy atom. The summed E-state index contributed by atoms with van der Waals surface area (Å²) < 4.78 is 5.76. The number of aromatic nitrogens is 1. The summed E-state index contributed by atoms with van der Waals surface area (Å²) >= 11 is 0. The average molecular weight is 300 g/mol. The van der Waals surface area contributed by atoms with E-state index in [0.29, 0.717) is 30.0 Å². The zero-order chi connectivity index (χ0) is 15.2. The third-order valence-electron chi connectivity index (χ3n) is 4.64. The molecular formula is C17H20N2O3. The highest BCUT2D eigenvalue weighted by Crippen LogP contribution is 2.40. The Balaban J connectivity index is 1.47. The molecule has 2 fully saturated rings. The van der Waals surface area contributed by atoms with Crippen molar-refractivity contribution in [2.75, 3.05) is 5.32 Å². The molecule has 5 heteroatoms. The van der Waals surface area contributed by atoms with Gasteiger partial charge in [-0.25, -0.2) is 4.98 Å². The first-order valence-corrected chi connectivity index (χ1v) is 8.04. The van der Waals surface area contributed by atoms with Gasteiger partial charge in [0.2, 0.25) is 5.91 Å². The molecule has 0 bridgehead atoms. The van der Waals surface area contributed by atoms with Gasteiger partial charge in [-0.2, -0.15) is 0 Å². The molecule has 2 saturated carbocycles. The van der Waals surface area contributed by atoms with Crippen molar-refractivity contribution < 1.29 is 14.3 Å². The Morgan fingerprint density at radius 2 is 2.14 bits per heavy atom. The minimum atomic E-state index is -0.820. The first kappa shape index (κ1) is 13.8. The van der Waals surface area contributed by atoms with Crippen LogP contribution in [0.3, 0.4) is 0 Å². The van der Waals surface area contributed by atoms with E-state index in [0.717, 1.165) is 37.1 Å². The standard InChI is InChI=1S/C17H20N2O3/c20-15(10-17(21)7-1-2-8-17)18-12-5-6-13-14(9-12)22-16(19-13)11-3-4-11/h5-6,9,11,21H,1-4,7-8,10H2,(H,18,20). The minimum absolute atomic E-state index is 0.148. The molecule has 0 radical (unpaired) electrons. The molecule has 0 aliphatic heterocycles. The number of carbonyl (C=O) groups excluding carboxylic acids is 1. The maximum atomic E-state index is 12.1. The quantitative estimate of drug-likeness (QED) is 0.908. The van der Waals surface area contributed by atoms with Crippen LogP contribution in [0.1, 0.15) is 56.8 Å². The molecule has 0 saturated heterocycles. The van der Waals surface area contributed by atoms with E-state index in [9.17, 15) is 9.90 Å². The van der Waals surface area contributed by atoms with Crippen LogP contribution in [0.15, 0.2) is 22.6 Å². The summed E-state index contributed by atoms with van der Waals surface area (Å²) in [6.07, 6.45) is 5.88. The molecule has 5 nitrogen and oxygen atoms in total. The predicted molar refractivity (Wildman–Crippen MR) is 82.6 cm³/mol. The van der Waals surface area contributed by atoms with Crippen LogP contribution in [-0.4, -0.2) is 21.6 Å². The van der Waals surface area contributed by atoms with Crippen molar-refractivity contribution >= 4 is 22.7 Å². The molecule has 1 amide bonds. The van der Waals surface area contributed by atoms with Gasteiger partial charge in [-0.05, 0) is 37.8 Å². The second-order valence-corrected chi connectivity index (χ2v) is 6.67. The van der Waals surface area contributed by atoms with Crippen LogP contribution in [0.25, 0.3) is 11.1 Å². The van der Waals surface area contributed by atoms with Crippen molar-refractivity contribution in [3.63, 3.8) is 0 Å². The van der Waals surface area contributed by atoms with Crippen molar-refractivity contribution in [3.8, 4) is 0 Å². The van der Waals surface area contributed by atoms with Crippen LogP contribution in [0.4, 0.5) is 5.69 Å². The summed E-state index contributed by atoms with van der Waals surface area (Å²) in [4.78, 5) is 16.6. The number of amides is 1. The van der Waals surface area contributed by atoms with Gasteiger partial charge in [0.25, 0.3) is 0 Å². The van der Waals surface area contributed by atoms with E-state index >= 15 is 0 Å². The SMILES string of the molecule is O=C(CC1(O)CCCC1)Nc1ccc2nc(C3CC3)oc2c1. The maximum Gasteiger partial charge on any atom is 0.227 e. The normalized spacial score (nSPS) is 20.4. The Kier molecular flexibility index (Phi) is 3.18.